The van der Waals surface area contributed by atoms with Gasteiger partial charge in [0, 0.05) is 48.9 Å². The minimum atomic E-state index is -0.818. The molecule has 172 valence electrons. The van der Waals surface area contributed by atoms with E-state index in [0.717, 1.165) is 5.56 Å². The number of carbonyl (C=O) groups excluding carboxylic acids is 3. The molecular formula is C24H24F2N4O3. The van der Waals surface area contributed by atoms with Crippen molar-refractivity contribution in [3.63, 3.8) is 0 Å². The number of pyridine rings is 1. The van der Waals surface area contributed by atoms with Gasteiger partial charge in [0.25, 0.3) is 5.91 Å². The number of piperidine rings is 1. The Bertz CT molecular complexity index is 1150. The predicted molar refractivity (Wildman–Crippen MR) is 115 cm³/mol. The number of nitrogens with one attached hydrogen (secondary N) is 1. The lowest BCUT2D eigenvalue weighted by molar-refractivity contribution is -0.137. The Balaban J connectivity index is 1.44. The third-order valence-corrected chi connectivity index (χ3v) is 6.75. The lowest BCUT2D eigenvalue weighted by atomic mass is 9.98. The van der Waals surface area contributed by atoms with Crippen molar-refractivity contribution in [2.45, 2.75) is 51.0 Å². The van der Waals surface area contributed by atoms with Crippen LogP contribution in [0.3, 0.4) is 0 Å². The molecule has 0 bridgehead atoms. The number of carbonyl (C=O) groups is 3. The van der Waals surface area contributed by atoms with Crippen LogP contribution in [-0.2, 0) is 16.1 Å². The highest BCUT2D eigenvalue weighted by Gasteiger charge is 2.44. The van der Waals surface area contributed by atoms with Crippen molar-refractivity contribution in [3.8, 4) is 11.3 Å². The third-order valence-electron chi connectivity index (χ3n) is 6.75. The molecule has 1 N–H and O–H groups in total. The first-order chi connectivity index (χ1) is 15.8. The summed E-state index contributed by atoms with van der Waals surface area (Å²) in [4.78, 5) is 44.6. The van der Waals surface area contributed by atoms with Crippen LogP contribution in [0, 0.1) is 5.82 Å². The lowest BCUT2D eigenvalue weighted by Gasteiger charge is -2.32. The Morgan fingerprint density at radius 2 is 1.94 bits per heavy atom. The van der Waals surface area contributed by atoms with Crippen LogP contribution in [0.1, 0.15) is 53.7 Å². The number of nitrogens with zero attached hydrogens (tertiary/aromatic N) is 3. The van der Waals surface area contributed by atoms with E-state index in [1.807, 2.05) is 11.0 Å². The number of hydrogen-bond acceptors (Lipinski definition) is 5. The van der Waals surface area contributed by atoms with Crippen molar-refractivity contribution in [1.82, 2.24) is 20.1 Å². The van der Waals surface area contributed by atoms with Crippen LogP contribution in [0.25, 0.3) is 11.3 Å². The molecule has 4 heterocycles. The van der Waals surface area contributed by atoms with Crippen molar-refractivity contribution in [1.29, 1.82) is 0 Å². The smallest absolute Gasteiger partial charge is 0.255 e. The van der Waals surface area contributed by atoms with Crippen molar-refractivity contribution in [2.24, 2.45) is 0 Å². The van der Waals surface area contributed by atoms with Gasteiger partial charge in [0.05, 0.1) is 11.7 Å². The Kier molecular flexibility index (Phi) is 5.44. The second kappa shape index (κ2) is 8.30. The predicted octanol–water partition coefficient (Wildman–Crippen LogP) is 2.75. The normalized spacial score (nSPS) is 25.5. The molecule has 2 fully saturated rings. The van der Waals surface area contributed by atoms with E-state index >= 15 is 4.39 Å². The summed E-state index contributed by atoms with van der Waals surface area (Å²) in [5.41, 5.74) is 2.06. The fourth-order valence-corrected chi connectivity index (χ4v) is 5.11. The summed E-state index contributed by atoms with van der Waals surface area (Å²) in [5, 5.41) is 2.26. The Morgan fingerprint density at radius 1 is 1.15 bits per heavy atom. The Hall–Kier alpha value is -3.20. The quantitative estimate of drug-likeness (QED) is 0.719. The minimum absolute atomic E-state index is 0.133. The Labute approximate surface area is 189 Å². The van der Waals surface area contributed by atoms with E-state index in [2.05, 4.69) is 10.3 Å². The molecule has 0 saturated carbocycles. The van der Waals surface area contributed by atoms with Gasteiger partial charge in [-0.05, 0) is 49.6 Å². The zero-order chi connectivity index (χ0) is 23.3. The molecule has 3 atom stereocenters. The van der Waals surface area contributed by atoms with E-state index in [1.54, 1.807) is 25.3 Å². The molecule has 0 spiro atoms. The highest BCUT2D eigenvalue weighted by molar-refractivity contribution is 6.06. The summed E-state index contributed by atoms with van der Waals surface area (Å²) in [6, 6.07) is 5.24. The fourth-order valence-electron chi connectivity index (χ4n) is 5.11. The van der Waals surface area contributed by atoms with E-state index < -0.39 is 35.9 Å². The molecular weight excluding hydrogens is 430 g/mol. The molecule has 7 nitrogen and oxygen atoms in total. The summed E-state index contributed by atoms with van der Waals surface area (Å²) < 4.78 is 29.2. The topological polar surface area (TPSA) is 82.6 Å². The third kappa shape index (κ3) is 3.80. The maximum Gasteiger partial charge on any atom is 0.255 e. The monoisotopic (exact) mass is 454 g/mol. The van der Waals surface area contributed by atoms with Gasteiger partial charge >= 0.3 is 0 Å². The standard InChI is InChI=1S/C24H24F2N4O3/c1-13-21-17(24(33)30(13)19-4-5-20(31)28-23(19)32)3-2-16(22(21)26)18-10-14(6-8-27-18)11-29-9-7-15(25)12-29/h2-3,6,8,10,13,15,19H,4-5,7,9,11-12H2,1H3,(H,28,31,32). The van der Waals surface area contributed by atoms with Crippen LogP contribution in [0.4, 0.5) is 8.78 Å². The van der Waals surface area contributed by atoms with Crippen LogP contribution in [-0.4, -0.2) is 57.8 Å². The van der Waals surface area contributed by atoms with Gasteiger partial charge in [-0.3, -0.25) is 29.6 Å². The first-order valence-electron chi connectivity index (χ1n) is 11.1. The van der Waals surface area contributed by atoms with Gasteiger partial charge in [0.15, 0.2) is 0 Å². The Morgan fingerprint density at radius 3 is 2.67 bits per heavy atom. The van der Waals surface area contributed by atoms with Gasteiger partial charge in [0.1, 0.15) is 18.0 Å². The number of hydrogen-bond donors (Lipinski definition) is 1. The molecule has 2 aromatic rings. The SMILES string of the molecule is CC1c2c(ccc(-c3cc(CN4CCC(F)C4)ccn3)c2F)C(=O)N1C1CCC(=O)NC1=O. The molecule has 33 heavy (non-hydrogen) atoms. The van der Waals surface area contributed by atoms with Crippen LogP contribution >= 0.6 is 0 Å². The van der Waals surface area contributed by atoms with E-state index in [1.165, 1.54) is 11.0 Å². The molecule has 0 radical (unpaired) electrons. The van der Waals surface area contributed by atoms with Crippen molar-refractivity contribution in [3.05, 3.63) is 53.0 Å². The summed E-state index contributed by atoms with van der Waals surface area (Å²) in [5.74, 6) is -1.87. The number of amides is 3. The first kappa shape index (κ1) is 21.6. The second-order valence-corrected chi connectivity index (χ2v) is 8.91. The number of rotatable bonds is 4. The molecule has 5 rings (SSSR count). The number of aromatic nitrogens is 1. The summed E-state index contributed by atoms with van der Waals surface area (Å²) in [6.07, 6.45) is 1.65. The van der Waals surface area contributed by atoms with Crippen LogP contribution in [0.15, 0.2) is 30.5 Å². The highest BCUT2D eigenvalue weighted by atomic mass is 19.1. The first-order valence-corrected chi connectivity index (χ1v) is 11.1. The summed E-state index contributed by atoms with van der Waals surface area (Å²) in [6.45, 7) is 3.31. The van der Waals surface area contributed by atoms with Crippen molar-refractivity contribution >= 4 is 17.7 Å². The largest absolute Gasteiger partial charge is 0.320 e. The molecule has 0 aliphatic carbocycles. The number of alkyl halides is 1. The molecule has 1 aromatic heterocycles. The minimum Gasteiger partial charge on any atom is -0.320 e. The van der Waals surface area contributed by atoms with Gasteiger partial charge in [-0.15, -0.1) is 0 Å². The molecule has 3 amide bonds. The van der Waals surface area contributed by atoms with Gasteiger partial charge in [-0.1, -0.05) is 0 Å². The number of fused-ring (bicyclic) bond motifs is 1. The number of halogens is 2. The molecule has 3 unspecified atom stereocenters. The van der Waals surface area contributed by atoms with Gasteiger partial charge in [0.2, 0.25) is 11.8 Å². The van der Waals surface area contributed by atoms with E-state index in [0.29, 0.717) is 31.7 Å². The number of benzene rings is 1. The number of imide groups is 1. The van der Waals surface area contributed by atoms with Gasteiger partial charge < -0.3 is 4.90 Å². The molecule has 9 heteroatoms. The van der Waals surface area contributed by atoms with Crippen LogP contribution in [0.5, 0.6) is 0 Å². The van der Waals surface area contributed by atoms with E-state index in [4.69, 9.17) is 0 Å². The fraction of sp³-hybridized carbons (Fsp3) is 0.417. The second-order valence-electron chi connectivity index (χ2n) is 8.91. The maximum atomic E-state index is 15.7. The van der Waals surface area contributed by atoms with Gasteiger partial charge in [-0.25, -0.2) is 8.78 Å². The molecule has 3 aliphatic heterocycles. The van der Waals surface area contributed by atoms with E-state index in [9.17, 15) is 18.8 Å². The van der Waals surface area contributed by atoms with Crippen molar-refractivity contribution < 1.29 is 23.2 Å². The number of likely N-dealkylation sites (tertiary alicyclic amines) is 1. The molecule has 2 saturated heterocycles. The van der Waals surface area contributed by atoms with Gasteiger partial charge in [-0.2, -0.15) is 0 Å². The zero-order valence-electron chi connectivity index (χ0n) is 18.2. The molecule has 1 aromatic carbocycles. The van der Waals surface area contributed by atoms with E-state index in [-0.39, 0.29) is 35.4 Å². The average Bonchev–Trinajstić information content (AvgIpc) is 3.29. The zero-order valence-corrected chi connectivity index (χ0v) is 18.2. The molecule has 3 aliphatic rings. The maximum absolute atomic E-state index is 15.7. The highest BCUT2D eigenvalue weighted by Crippen LogP contribution is 2.40. The summed E-state index contributed by atoms with van der Waals surface area (Å²) >= 11 is 0. The summed E-state index contributed by atoms with van der Waals surface area (Å²) in [7, 11) is 0. The van der Waals surface area contributed by atoms with Crippen molar-refractivity contribution in [2.75, 3.05) is 13.1 Å². The average molecular weight is 454 g/mol. The van der Waals surface area contributed by atoms with Crippen LogP contribution < -0.4 is 5.32 Å². The van der Waals surface area contributed by atoms with Crippen LogP contribution in [0.2, 0.25) is 0 Å². The lowest BCUT2D eigenvalue weighted by Crippen LogP contribution is -2.53.